The molecule has 0 atom stereocenters. The first-order valence-electron chi connectivity index (χ1n) is 7.39. The van der Waals surface area contributed by atoms with Crippen LogP contribution in [-0.2, 0) is 0 Å². The zero-order valence-electron chi connectivity index (χ0n) is 12.7. The summed E-state index contributed by atoms with van der Waals surface area (Å²) in [5.41, 5.74) is 1.71. The van der Waals surface area contributed by atoms with E-state index in [1.165, 1.54) is 18.9 Å². The van der Waals surface area contributed by atoms with Crippen LogP contribution < -0.4 is 0 Å². The Morgan fingerprint density at radius 1 is 1.25 bits per heavy atom. The van der Waals surface area contributed by atoms with Crippen LogP contribution in [0.1, 0.15) is 36.5 Å². The summed E-state index contributed by atoms with van der Waals surface area (Å²) in [7, 11) is -1.38. The molecule has 0 saturated carbocycles. The molecule has 1 saturated heterocycles. The minimum Gasteiger partial charge on any atom is -0.324 e. The Morgan fingerprint density at radius 2 is 1.95 bits per heavy atom. The molecule has 1 aromatic rings. The second-order valence-electron chi connectivity index (χ2n) is 6.19. The highest BCUT2D eigenvalue weighted by molar-refractivity contribution is 6.74. The van der Waals surface area contributed by atoms with Gasteiger partial charge >= 0.3 is 0 Å². The van der Waals surface area contributed by atoms with Gasteiger partial charge in [-0.1, -0.05) is 49.8 Å². The summed E-state index contributed by atoms with van der Waals surface area (Å²) in [6.45, 7) is 7.75. The van der Waals surface area contributed by atoms with Crippen molar-refractivity contribution in [3.63, 3.8) is 0 Å². The second-order valence-corrected chi connectivity index (χ2v) is 10.8. The maximum atomic E-state index is 12.2. The highest BCUT2D eigenvalue weighted by atomic mass is 28.3. The fourth-order valence-electron chi connectivity index (χ4n) is 2.64. The minimum atomic E-state index is -1.38. The number of ketones is 1. The average Bonchev–Trinajstić information content (AvgIpc) is 2.42. The predicted molar refractivity (Wildman–Crippen MR) is 86.7 cm³/mol. The van der Waals surface area contributed by atoms with Crippen molar-refractivity contribution in [3.8, 4) is 0 Å². The summed E-state index contributed by atoms with van der Waals surface area (Å²) in [4.78, 5) is 12.2. The fourth-order valence-corrected chi connectivity index (χ4v) is 5.21. The number of carbonyl (C=O) groups is 1. The van der Waals surface area contributed by atoms with Gasteiger partial charge in [0.25, 0.3) is 0 Å². The highest BCUT2D eigenvalue weighted by Gasteiger charge is 2.31. The summed E-state index contributed by atoms with van der Waals surface area (Å²) in [6.07, 6.45) is 2.97. The Balaban J connectivity index is 2.02. The fraction of sp³-hybridized carbons (Fsp3) is 0.500. The van der Waals surface area contributed by atoms with Gasteiger partial charge in [0.15, 0.2) is 14.0 Å². The van der Waals surface area contributed by atoms with Crippen LogP contribution in [0.3, 0.4) is 0 Å². The van der Waals surface area contributed by atoms with E-state index in [-0.39, 0.29) is 5.78 Å². The largest absolute Gasteiger partial charge is 0.324 e. The van der Waals surface area contributed by atoms with Crippen molar-refractivity contribution >= 4 is 19.7 Å². The van der Waals surface area contributed by atoms with E-state index in [0.717, 1.165) is 17.8 Å². The molecule has 1 heterocycles. The first-order valence-corrected chi connectivity index (χ1v) is 10.5. The number of Topliss-reactive ketones (excluding diaryl/α,β-unsaturated/α-hetero) is 1. The quantitative estimate of drug-likeness (QED) is 0.477. The smallest absolute Gasteiger partial charge is 0.172 e. The van der Waals surface area contributed by atoms with Gasteiger partial charge in [-0.15, -0.1) is 0 Å². The molecule has 0 unspecified atom stereocenters. The Hall–Kier alpha value is -1.42. The molecule has 0 amide bonds. The van der Waals surface area contributed by atoms with Crippen LogP contribution in [0.2, 0.25) is 19.1 Å². The Labute approximate surface area is 122 Å². The van der Waals surface area contributed by atoms with Crippen molar-refractivity contribution in [2.75, 3.05) is 6.54 Å². The second kappa shape index (κ2) is 6.35. The van der Waals surface area contributed by atoms with E-state index < -0.39 is 8.24 Å². The van der Waals surface area contributed by atoms with Crippen molar-refractivity contribution in [2.24, 2.45) is 5.10 Å². The van der Waals surface area contributed by atoms with E-state index in [1.54, 1.807) is 0 Å². The zero-order valence-corrected chi connectivity index (χ0v) is 13.7. The monoisotopic (exact) mass is 288 g/mol. The topological polar surface area (TPSA) is 32.7 Å². The van der Waals surface area contributed by atoms with E-state index >= 15 is 0 Å². The standard InChI is InChI=1S/C16H24N2OSi/c1-14(13-16(19)15-9-5-4-6-10-15)17-18-11-7-8-12-20(18,2)3/h4-6,9-10H,7-8,11-13H2,1-3H3. The number of hydrogen-bond donors (Lipinski definition) is 0. The van der Waals surface area contributed by atoms with E-state index in [2.05, 4.69) is 17.8 Å². The molecule has 0 aromatic heterocycles. The lowest BCUT2D eigenvalue weighted by atomic mass is 10.1. The van der Waals surface area contributed by atoms with Gasteiger partial charge in [-0.2, -0.15) is 5.10 Å². The van der Waals surface area contributed by atoms with Crippen LogP contribution in [0.4, 0.5) is 0 Å². The van der Waals surface area contributed by atoms with E-state index in [9.17, 15) is 4.79 Å². The third-order valence-corrected chi connectivity index (χ3v) is 7.21. The van der Waals surface area contributed by atoms with E-state index in [0.29, 0.717) is 6.42 Å². The number of benzene rings is 1. The van der Waals surface area contributed by atoms with Gasteiger partial charge in [0.05, 0.1) is 6.42 Å². The first-order chi connectivity index (χ1) is 9.49. The SMILES string of the molecule is CC(CC(=O)c1ccccc1)=NN1CCCC[Si]1(C)C. The maximum absolute atomic E-state index is 12.2. The lowest BCUT2D eigenvalue weighted by molar-refractivity contribution is 0.1000. The normalized spacial score (nSPS) is 18.9. The van der Waals surface area contributed by atoms with Crippen molar-refractivity contribution in [3.05, 3.63) is 35.9 Å². The minimum absolute atomic E-state index is 0.156. The molecular formula is C16H24N2OSi. The van der Waals surface area contributed by atoms with Gasteiger partial charge in [0, 0.05) is 17.8 Å². The van der Waals surface area contributed by atoms with Gasteiger partial charge in [-0.25, -0.2) is 0 Å². The van der Waals surface area contributed by atoms with Crippen LogP contribution >= 0.6 is 0 Å². The maximum Gasteiger partial charge on any atom is 0.172 e. The number of hydrazone groups is 1. The molecule has 0 bridgehead atoms. The summed E-state index contributed by atoms with van der Waals surface area (Å²) >= 11 is 0. The third-order valence-electron chi connectivity index (χ3n) is 3.91. The van der Waals surface area contributed by atoms with Crippen LogP contribution in [0.15, 0.2) is 35.4 Å². The van der Waals surface area contributed by atoms with Gasteiger partial charge in [-0.3, -0.25) is 4.79 Å². The van der Waals surface area contributed by atoms with Gasteiger partial charge in [0.1, 0.15) is 0 Å². The zero-order chi connectivity index (χ0) is 14.6. The van der Waals surface area contributed by atoms with Crippen molar-refractivity contribution in [1.82, 2.24) is 4.67 Å². The molecule has 1 fully saturated rings. The molecule has 0 aliphatic carbocycles. The van der Waals surface area contributed by atoms with Crippen molar-refractivity contribution in [2.45, 2.75) is 45.3 Å². The summed E-state index contributed by atoms with van der Waals surface area (Å²) < 4.78 is 2.30. The molecule has 1 aliphatic heterocycles. The van der Waals surface area contributed by atoms with Crippen molar-refractivity contribution in [1.29, 1.82) is 0 Å². The number of rotatable bonds is 4. The van der Waals surface area contributed by atoms with Gasteiger partial charge in [-0.05, 0) is 19.4 Å². The highest BCUT2D eigenvalue weighted by Crippen LogP contribution is 2.25. The van der Waals surface area contributed by atoms with E-state index in [1.807, 2.05) is 37.3 Å². The average molecular weight is 288 g/mol. The Morgan fingerprint density at radius 3 is 2.60 bits per heavy atom. The lowest BCUT2D eigenvalue weighted by Gasteiger charge is -2.39. The summed E-state index contributed by atoms with van der Waals surface area (Å²) in [5, 5.41) is 4.75. The molecule has 0 N–H and O–H groups in total. The van der Waals surface area contributed by atoms with Crippen LogP contribution in [0.5, 0.6) is 0 Å². The Bertz CT molecular complexity index is 496. The molecule has 108 valence electrons. The summed E-state index contributed by atoms with van der Waals surface area (Å²) in [5.74, 6) is 0.156. The molecular weight excluding hydrogens is 264 g/mol. The van der Waals surface area contributed by atoms with Gasteiger partial charge in [0.2, 0.25) is 0 Å². The third kappa shape index (κ3) is 3.79. The molecule has 1 aliphatic rings. The molecule has 1 aromatic carbocycles. The molecule has 20 heavy (non-hydrogen) atoms. The van der Waals surface area contributed by atoms with Gasteiger partial charge < -0.3 is 4.67 Å². The number of nitrogens with zero attached hydrogens (tertiary/aromatic N) is 2. The predicted octanol–water partition coefficient (Wildman–Crippen LogP) is 3.94. The van der Waals surface area contributed by atoms with Crippen LogP contribution in [0, 0.1) is 0 Å². The van der Waals surface area contributed by atoms with Crippen LogP contribution in [-0.4, -0.2) is 30.9 Å². The molecule has 4 heteroatoms. The molecule has 2 rings (SSSR count). The lowest BCUT2D eigenvalue weighted by Crippen LogP contribution is -2.48. The number of hydrogen-bond acceptors (Lipinski definition) is 3. The molecule has 0 spiro atoms. The number of carbonyl (C=O) groups excluding carboxylic acids is 1. The van der Waals surface area contributed by atoms with Crippen LogP contribution in [0.25, 0.3) is 0 Å². The molecule has 3 nitrogen and oxygen atoms in total. The Kier molecular flexibility index (Phi) is 4.76. The molecule has 0 radical (unpaired) electrons. The van der Waals surface area contributed by atoms with Crippen molar-refractivity contribution < 1.29 is 4.79 Å². The summed E-state index contributed by atoms with van der Waals surface area (Å²) in [6, 6.07) is 10.8. The van der Waals surface area contributed by atoms with E-state index in [4.69, 9.17) is 5.10 Å². The first kappa shape index (κ1) is 15.0.